The molecule has 6 nitrogen and oxygen atoms in total. The molecule has 0 saturated carbocycles. The standard InChI is InChI=1S/C33H33N3O3/c1-22(2)24-14-16-27(17-15-24)35-33(38)32(25-12-10-23(3)11-13-25)36(21-28-7-6-18-39-28)31(37)19-26-20-34-30-9-5-4-8-29(26)30/h4-18,20,22,32,34H,19,21H2,1-3H3,(H,35,38)/t32-/m1/s1. The molecule has 1 atom stereocenters. The quantitative estimate of drug-likeness (QED) is 0.217. The van der Waals surface area contributed by atoms with Gasteiger partial charge in [-0.1, -0.05) is 74.0 Å². The summed E-state index contributed by atoms with van der Waals surface area (Å²) in [4.78, 5) is 32.9. The summed E-state index contributed by atoms with van der Waals surface area (Å²) in [5.74, 6) is 0.538. The molecule has 0 fully saturated rings. The third kappa shape index (κ3) is 5.96. The van der Waals surface area contributed by atoms with Crippen LogP contribution in [0.3, 0.4) is 0 Å². The van der Waals surface area contributed by atoms with Gasteiger partial charge >= 0.3 is 0 Å². The highest BCUT2D eigenvalue weighted by Crippen LogP contribution is 2.28. The van der Waals surface area contributed by atoms with Gasteiger partial charge < -0.3 is 19.6 Å². The van der Waals surface area contributed by atoms with Crippen molar-refractivity contribution in [2.45, 2.75) is 45.7 Å². The predicted molar refractivity (Wildman–Crippen MR) is 154 cm³/mol. The highest BCUT2D eigenvalue weighted by Gasteiger charge is 2.32. The molecule has 0 aliphatic carbocycles. The van der Waals surface area contributed by atoms with E-state index in [-0.39, 0.29) is 24.8 Å². The minimum Gasteiger partial charge on any atom is -0.467 e. The lowest BCUT2D eigenvalue weighted by molar-refractivity contribution is -0.139. The number of furan rings is 1. The fourth-order valence-corrected chi connectivity index (χ4v) is 4.82. The number of H-pyrrole nitrogens is 1. The topological polar surface area (TPSA) is 78.3 Å². The van der Waals surface area contributed by atoms with Crippen molar-refractivity contribution < 1.29 is 14.0 Å². The van der Waals surface area contributed by atoms with E-state index in [0.29, 0.717) is 17.4 Å². The first-order valence-electron chi connectivity index (χ1n) is 13.2. The van der Waals surface area contributed by atoms with Crippen LogP contribution in [0.5, 0.6) is 0 Å². The summed E-state index contributed by atoms with van der Waals surface area (Å²) in [5, 5.41) is 4.05. The van der Waals surface area contributed by atoms with Crippen LogP contribution in [0.15, 0.2) is 102 Å². The van der Waals surface area contributed by atoms with Crippen LogP contribution < -0.4 is 5.32 Å². The SMILES string of the molecule is Cc1ccc([C@H](C(=O)Nc2ccc(C(C)C)cc2)N(Cc2ccco2)C(=O)Cc2c[nH]c3ccccc23)cc1. The third-order valence-corrected chi connectivity index (χ3v) is 7.04. The van der Waals surface area contributed by atoms with Crippen molar-refractivity contribution in [2.75, 3.05) is 5.32 Å². The van der Waals surface area contributed by atoms with Gasteiger partial charge in [-0.3, -0.25) is 9.59 Å². The van der Waals surface area contributed by atoms with E-state index < -0.39 is 6.04 Å². The second-order valence-corrected chi connectivity index (χ2v) is 10.2. The first-order valence-corrected chi connectivity index (χ1v) is 13.2. The normalized spacial score (nSPS) is 12.0. The first kappa shape index (κ1) is 26.0. The van der Waals surface area contributed by atoms with Gasteiger partial charge in [-0.15, -0.1) is 0 Å². The van der Waals surface area contributed by atoms with Gasteiger partial charge in [0.25, 0.3) is 5.91 Å². The van der Waals surface area contributed by atoms with E-state index >= 15 is 0 Å². The number of hydrogen-bond acceptors (Lipinski definition) is 3. The van der Waals surface area contributed by atoms with Crippen molar-refractivity contribution >= 4 is 28.4 Å². The van der Waals surface area contributed by atoms with Crippen LogP contribution in [0.2, 0.25) is 0 Å². The van der Waals surface area contributed by atoms with Crippen LogP contribution in [-0.2, 0) is 22.6 Å². The van der Waals surface area contributed by atoms with Crippen LogP contribution >= 0.6 is 0 Å². The number of carbonyl (C=O) groups is 2. The molecule has 0 bridgehead atoms. The zero-order valence-electron chi connectivity index (χ0n) is 22.5. The van der Waals surface area contributed by atoms with Gasteiger partial charge in [-0.05, 0) is 59.9 Å². The lowest BCUT2D eigenvalue weighted by Gasteiger charge is -2.31. The fourth-order valence-electron chi connectivity index (χ4n) is 4.82. The van der Waals surface area contributed by atoms with E-state index in [2.05, 4.69) is 24.1 Å². The molecule has 6 heteroatoms. The fraction of sp³-hybridized carbons (Fsp3) is 0.212. The smallest absolute Gasteiger partial charge is 0.251 e. The van der Waals surface area contributed by atoms with Gasteiger partial charge in [0, 0.05) is 22.8 Å². The average Bonchev–Trinajstić information content (AvgIpc) is 3.60. The van der Waals surface area contributed by atoms with E-state index in [9.17, 15) is 9.59 Å². The van der Waals surface area contributed by atoms with Crippen LogP contribution in [0.1, 0.15) is 53.8 Å². The van der Waals surface area contributed by atoms with Crippen LogP contribution in [0, 0.1) is 6.92 Å². The molecule has 2 amide bonds. The second kappa shape index (κ2) is 11.4. The molecule has 0 aliphatic heterocycles. The van der Waals surface area contributed by atoms with Crippen LogP contribution in [0.4, 0.5) is 5.69 Å². The Bertz CT molecular complexity index is 1550. The number of nitrogens with one attached hydrogen (secondary N) is 2. The van der Waals surface area contributed by atoms with Crippen molar-refractivity contribution in [3.8, 4) is 0 Å². The van der Waals surface area contributed by atoms with Gasteiger partial charge in [0.05, 0.1) is 19.2 Å². The summed E-state index contributed by atoms with van der Waals surface area (Å²) in [6, 6.07) is 26.2. The van der Waals surface area contributed by atoms with Crippen molar-refractivity contribution in [1.29, 1.82) is 0 Å². The zero-order chi connectivity index (χ0) is 27.4. The Morgan fingerprint density at radius 1 is 0.897 bits per heavy atom. The number of para-hydroxylation sites is 1. The highest BCUT2D eigenvalue weighted by atomic mass is 16.3. The summed E-state index contributed by atoms with van der Waals surface area (Å²) < 4.78 is 5.63. The minimum absolute atomic E-state index is 0.142. The van der Waals surface area contributed by atoms with E-state index in [1.807, 2.05) is 92.0 Å². The Hall–Kier alpha value is -4.58. The molecular weight excluding hydrogens is 486 g/mol. The molecule has 0 spiro atoms. The summed E-state index contributed by atoms with van der Waals surface area (Å²) in [5.41, 5.74) is 5.53. The molecule has 5 rings (SSSR count). The Kier molecular flexibility index (Phi) is 7.64. The number of benzene rings is 3. The molecule has 198 valence electrons. The summed E-state index contributed by atoms with van der Waals surface area (Å²) in [7, 11) is 0. The number of hydrogen-bond donors (Lipinski definition) is 2. The number of aromatic amines is 1. The van der Waals surface area contributed by atoms with Gasteiger partial charge in [0.1, 0.15) is 11.8 Å². The molecular formula is C33H33N3O3. The molecule has 0 unspecified atom stereocenters. The minimum atomic E-state index is -0.863. The molecule has 3 aromatic carbocycles. The van der Waals surface area contributed by atoms with Crippen molar-refractivity contribution in [2.24, 2.45) is 0 Å². The van der Waals surface area contributed by atoms with Gasteiger partial charge in [-0.2, -0.15) is 0 Å². The molecule has 0 radical (unpaired) electrons. The molecule has 2 N–H and O–H groups in total. The van der Waals surface area contributed by atoms with Crippen LogP contribution in [-0.4, -0.2) is 21.7 Å². The second-order valence-electron chi connectivity index (χ2n) is 10.2. The number of fused-ring (bicyclic) bond motifs is 1. The van der Waals surface area contributed by atoms with E-state index in [4.69, 9.17) is 4.42 Å². The first-order chi connectivity index (χ1) is 18.9. The van der Waals surface area contributed by atoms with Gasteiger partial charge in [-0.25, -0.2) is 0 Å². The maximum Gasteiger partial charge on any atom is 0.251 e. The Balaban J connectivity index is 1.51. The number of nitrogens with zero attached hydrogens (tertiary/aromatic N) is 1. The molecule has 39 heavy (non-hydrogen) atoms. The lowest BCUT2D eigenvalue weighted by Crippen LogP contribution is -2.41. The predicted octanol–water partition coefficient (Wildman–Crippen LogP) is 7.14. The highest BCUT2D eigenvalue weighted by molar-refractivity contribution is 5.98. The molecule has 5 aromatic rings. The average molecular weight is 520 g/mol. The van der Waals surface area contributed by atoms with E-state index in [1.165, 1.54) is 5.56 Å². The van der Waals surface area contributed by atoms with Crippen molar-refractivity contribution in [3.05, 3.63) is 125 Å². The molecule has 0 saturated heterocycles. The Morgan fingerprint density at radius 3 is 2.31 bits per heavy atom. The number of carbonyl (C=O) groups excluding carboxylic acids is 2. The molecule has 2 heterocycles. The third-order valence-electron chi connectivity index (χ3n) is 7.04. The number of aryl methyl sites for hydroxylation is 1. The van der Waals surface area contributed by atoms with Gasteiger partial charge in [0.2, 0.25) is 5.91 Å². The van der Waals surface area contributed by atoms with Crippen LogP contribution in [0.25, 0.3) is 10.9 Å². The summed E-state index contributed by atoms with van der Waals surface area (Å²) in [6.07, 6.45) is 3.59. The Morgan fingerprint density at radius 2 is 1.62 bits per heavy atom. The van der Waals surface area contributed by atoms with E-state index in [1.54, 1.807) is 17.2 Å². The summed E-state index contributed by atoms with van der Waals surface area (Å²) in [6.45, 7) is 6.42. The van der Waals surface area contributed by atoms with Gasteiger partial charge in [0.15, 0.2) is 0 Å². The lowest BCUT2D eigenvalue weighted by atomic mass is 10.0. The Labute approximate surface area is 228 Å². The summed E-state index contributed by atoms with van der Waals surface area (Å²) >= 11 is 0. The largest absolute Gasteiger partial charge is 0.467 e. The zero-order valence-corrected chi connectivity index (χ0v) is 22.5. The van der Waals surface area contributed by atoms with Crippen molar-refractivity contribution in [3.63, 3.8) is 0 Å². The van der Waals surface area contributed by atoms with Crippen molar-refractivity contribution in [1.82, 2.24) is 9.88 Å². The number of rotatable bonds is 9. The number of anilines is 1. The molecule has 0 aliphatic rings. The maximum absolute atomic E-state index is 14.0. The monoisotopic (exact) mass is 519 g/mol. The number of amides is 2. The maximum atomic E-state index is 14.0. The number of aromatic nitrogens is 1. The van der Waals surface area contributed by atoms with E-state index in [0.717, 1.165) is 27.6 Å². The molecule has 2 aromatic heterocycles.